The Morgan fingerprint density at radius 1 is 1.38 bits per heavy atom. The Morgan fingerprint density at radius 3 is 2.95 bits per heavy atom. The van der Waals surface area contributed by atoms with Crippen LogP contribution < -0.4 is 5.32 Å². The summed E-state index contributed by atoms with van der Waals surface area (Å²) >= 11 is 3.42. The van der Waals surface area contributed by atoms with E-state index in [1.54, 1.807) is 6.07 Å². The molecule has 2 aromatic heterocycles. The smallest absolute Gasteiger partial charge is 0.371 e. The number of hydrogen-bond donors (Lipinski definition) is 2. The maximum atomic E-state index is 12.1. The topological polar surface area (TPSA) is 79.5 Å². The number of furan rings is 1. The molecule has 0 saturated heterocycles. The minimum Gasteiger partial charge on any atom is -0.475 e. The third-order valence-corrected chi connectivity index (χ3v) is 5.39. The van der Waals surface area contributed by atoms with Crippen LogP contribution in [0.2, 0.25) is 0 Å². The Labute approximate surface area is 129 Å². The Balaban J connectivity index is 1.63. The van der Waals surface area contributed by atoms with E-state index in [4.69, 9.17) is 9.52 Å². The van der Waals surface area contributed by atoms with Gasteiger partial charge in [-0.05, 0) is 35.9 Å². The molecule has 0 bridgehead atoms. The second kappa shape index (κ2) is 5.95. The van der Waals surface area contributed by atoms with E-state index in [0.29, 0.717) is 10.6 Å². The number of aryl methyl sites for hydroxylation is 1. The van der Waals surface area contributed by atoms with Crippen molar-refractivity contribution in [3.63, 3.8) is 0 Å². The molecule has 3 rings (SSSR count). The van der Waals surface area contributed by atoms with Crippen molar-refractivity contribution >= 4 is 35.0 Å². The maximum Gasteiger partial charge on any atom is 0.371 e. The van der Waals surface area contributed by atoms with E-state index in [9.17, 15) is 9.59 Å². The first-order valence-electron chi connectivity index (χ1n) is 6.43. The zero-order valence-corrected chi connectivity index (χ0v) is 12.7. The first kappa shape index (κ1) is 14.2. The highest BCUT2D eigenvalue weighted by Gasteiger charge is 2.17. The minimum absolute atomic E-state index is 0.122. The minimum atomic E-state index is -1.11. The SMILES string of the molecule is O=C(O)c1ccc(CNC(=O)c2cc3c(s2)CCSC3)o1. The van der Waals surface area contributed by atoms with E-state index in [1.807, 2.05) is 17.8 Å². The predicted molar refractivity (Wildman–Crippen MR) is 81.0 cm³/mol. The molecule has 2 aromatic rings. The lowest BCUT2D eigenvalue weighted by molar-refractivity contribution is 0.0660. The molecule has 7 heteroatoms. The van der Waals surface area contributed by atoms with Crippen molar-refractivity contribution in [2.45, 2.75) is 18.7 Å². The van der Waals surface area contributed by atoms with E-state index in [1.165, 1.54) is 27.8 Å². The predicted octanol–water partition coefficient (Wildman–Crippen LogP) is 2.76. The Kier molecular flexibility index (Phi) is 4.03. The van der Waals surface area contributed by atoms with Gasteiger partial charge in [0, 0.05) is 10.6 Å². The third kappa shape index (κ3) is 3.14. The molecule has 1 amide bonds. The molecular weight excluding hydrogens is 310 g/mol. The van der Waals surface area contributed by atoms with Crippen LogP contribution in [0.5, 0.6) is 0 Å². The van der Waals surface area contributed by atoms with Gasteiger partial charge in [-0.2, -0.15) is 11.8 Å². The quantitative estimate of drug-likeness (QED) is 0.904. The highest BCUT2D eigenvalue weighted by molar-refractivity contribution is 7.98. The van der Waals surface area contributed by atoms with Crippen LogP contribution >= 0.6 is 23.1 Å². The van der Waals surface area contributed by atoms with Crippen molar-refractivity contribution < 1.29 is 19.1 Å². The number of amides is 1. The van der Waals surface area contributed by atoms with Crippen LogP contribution in [-0.2, 0) is 18.7 Å². The highest BCUT2D eigenvalue weighted by atomic mass is 32.2. The lowest BCUT2D eigenvalue weighted by atomic mass is 10.2. The summed E-state index contributed by atoms with van der Waals surface area (Å²) in [5.41, 5.74) is 1.26. The molecule has 3 heterocycles. The number of thioether (sulfide) groups is 1. The molecule has 5 nitrogen and oxygen atoms in total. The summed E-state index contributed by atoms with van der Waals surface area (Å²) in [6.07, 6.45) is 1.03. The van der Waals surface area contributed by atoms with Crippen molar-refractivity contribution in [1.29, 1.82) is 0 Å². The lowest BCUT2D eigenvalue weighted by Crippen LogP contribution is -2.21. The van der Waals surface area contributed by atoms with Gasteiger partial charge in [0.15, 0.2) is 0 Å². The van der Waals surface area contributed by atoms with Crippen molar-refractivity contribution in [1.82, 2.24) is 5.32 Å². The molecule has 0 saturated carbocycles. The van der Waals surface area contributed by atoms with Gasteiger partial charge < -0.3 is 14.8 Å². The zero-order valence-electron chi connectivity index (χ0n) is 11.0. The summed E-state index contributed by atoms with van der Waals surface area (Å²) in [6, 6.07) is 4.89. The number of hydrogen-bond acceptors (Lipinski definition) is 5. The van der Waals surface area contributed by atoms with Gasteiger partial charge in [-0.3, -0.25) is 4.79 Å². The summed E-state index contributed by atoms with van der Waals surface area (Å²) in [5, 5.41) is 11.5. The van der Waals surface area contributed by atoms with Gasteiger partial charge in [-0.15, -0.1) is 11.3 Å². The van der Waals surface area contributed by atoms with E-state index in [-0.39, 0.29) is 18.2 Å². The molecular formula is C14H13NO4S2. The fourth-order valence-electron chi connectivity index (χ4n) is 2.10. The number of nitrogens with one attached hydrogen (secondary N) is 1. The summed E-state index contributed by atoms with van der Waals surface area (Å²) < 4.78 is 5.10. The van der Waals surface area contributed by atoms with Crippen molar-refractivity contribution in [2.75, 3.05) is 5.75 Å². The fourth-order valence-corrected chi connectivity index (χ4v) is 4.39. The number of aromatic carboxylic acids is 1. The molecule has 0 aliphatic carbocycles. The fraction of sp³-hybridized carbons (Fsp3) is 0.286. The van der Waals surface area contributed by atoms with Crippen molar-refractivity contribution in [3.8, 4) is 0 Å². The van der Waals surface area contributed by atoms with Crippen LogP contribution in [0.15, 0.2) is 22.6 Å². The monoisotopic (exact) mass is 323 g/mol. The van der Waals surface area contributed by atoms with Crippen LogP contribution in [-0.4, -0.2) is 22.7 Å². The number of carboxylic acids is 1. The number of thiophene rings is 1. The number of fused-ring (bicyclic) bond motifs is 1. The number of rotatable bonds is 4. The van der Waals surface area contributed by atoms with Crippen LogP contribution in [0, 0.1) is 0 Å². The van der Waals surface area contributed by atoms with Crippen LogP contribution in [0.25, 0.3) is 0 Å². The van der Waals surface area contributed by atoms with E-state index in [0.717, 1.165) is 17.9 Å². The summed E-state index contributed by atoms with van der Waals surface area (Å²) in [4.78, 5) is 24.8. The first-order chi connectivity index (χ1) is 10.1. The molecule has 0 atom stereocenters. The van der Waals surface area contributed by atoms with Crippen LogP contribution in [0.1, 0.15) is 36.4 Å². The Morgan fingerprint density at radius 2 is 2.24 bits per heavy atom. The molecule has 0 aromatic carbocycles. The number of carbonyl (C=O) groups is 2. The summed E-state index contributed by atoms with van der Waals surface area (Å²) in [6.45, 7) is 0.184. The average Bonchev–Trinajstić information content (AvgIpc) is 3.11. The van der Waals surface area contributed by atoms with E-state index in [2.05, 4.69) is 5.32 Å². The van der Waals surface area contributed by atoms with Crippen molar-refractivity contribution in [3.05, 3.63) is 45.0 Å². The molecule has 110 valence electrons. The third-order valence-electron chi connectivity index (χ3n) is 3.15. The van der Waals surface area contributed by atoms with Gasteiger partial charge in [0.1, 0.15) is 5.76 Å². The van der Waals surface area contributed by atoms with Gasteiger partial charge >= 0.3 is 5.97 Å². The molecule has 1 aliphatic rings. The first-order valence-corrected chi connectivity index (χ1v) is 8.40. The molecule has 1 aliphatic heterocycles. The second-order valence-corrected chi connectivity index (χ2v) is 6.86. The molecule has 0 radical (unpaired) electrons. The van der Waals surface area contributed by atoms with Gasteiger partial charge in [0.25, 0.3) is 5.91 Å². The van der Waals surface area contributed by atoms with Crippen LogP contribution in [0.3, 0.4) is 0 Å². The summed E-state index contributed by atoms with van der Waals surface area (Å²) in [7, 11) is 0. The average molecular weight is 323 g/mol. The standard InChI is InChI=1S/C14H13NO4S2/c16-13(12-5-8-7-20-4-3-11(8)21-12)15-6-9-1-2-10(19-9)14(17)18/h1-2,5H,3-4,6-7H2,(H,15,16)(H,17,18). The highest BCUT2D eigenvalue weighted by Crippen LogP contribution is 2.31. The van der Waals surface area contributed by atoms with Crippen molar-refractivity contribution in [2.24, 2.45) is 0 Å². The molecule has 21 heavy (non-hydrogen) atoms. The molecule has 0 spiro atoms. The summed E-state index contributed by atoms with van der Waals surface area (Å²) in [5.74, 6) is 1.13. The largest absolute Gasteiger partial charge is 0.475 e. The zero-order chi connectivity index (χ0) is 14.8. The van der Waals surface area contributed by atoms with Gasteiger partial charge in [0.2, 0.25) is 5.76 Å². The Hall–Kier alpha value is -1.73. The van der Waals surface area contributed by atoms with Gasteiger partial charge in [-0.1, -0.05) is 0 Å². The van der Waals surface area contributed by atoms with Gasteiger partial charge in [-0.25, -0.2) is 4.79 Å². The van der Waals surface area contributed by atoms with Crippen LogP contribution in [0.4, 0.5) is 0 Å². The van der Waals surface area contributed by atoms with Gasteiger partial charge in [0.05, 0.1) is 11.4 Å². The van der Waals surface area contributed by atoms with E-state index < -0.39 is 5.97 Å². The lowest BCUT2D eigenvalue weighted by Gasteiger charge is -2.08. The number of carbonyl (C=O) groups excluding carboxylic acids is 1. The maximum absolute atomic E-state index is 12.1. The molecule has 0 unspecified atom stereocenters. The number of carboxylic acid groups (broad SMARTS) is 1. The normalized spacial score (nSPS) is 13.7. The Bertz CT molecular complexity index is 665. The molecule has 2 N–H and O–H groups in total. The van der Waals surface area contributed by atoms with E-state index >= 15 is 0 Å². The second-order valence-electron chi connectivity index (χ2n) is 4.62. The molecule has 0 fully saturated rings.